The van der Waals surface area contributed by atoms with Crippen LogP contribution in [0.1, 0.15) is 5.56 Å². The molecule has 0 unspecified atom stereocenters. The number of benzene rings is 1. The Hall–Kier alpha value is 0.0400. The highest BCUT2D eigenvalue weighted by molar-refractivity contribution is 9.10. The van der Waals surface area contributed by atoms with Crippen molar-refractivity contribution in [2.45, 2.75) is 5.33 Å². The molecule has 1 aromatic rings. The molecule has 4 heteroatoms. The largest absolute Gasteiger partial charge is 0.207 e. The van der Waals surface area contributed by atoms with E-state index in [1.54, 1.807) is 0 Å². The summed E-state index contributed by atoms with van der Waals surface area (Å²) in [5.41, 5.74) is 0.572. The average molecular weight is 286 g/mol. The molecule has 0 heterocycles. The molecule has 1 aromatic carbocycles. The van der Waals surface area contributed by atoms with Crippen molar-refractivity contribution < 1.29 is 8.78 Å². The van der Waals surface area contributed by atoms with Gasteiger partial charge in [-0.3, -0.25) is 0 Å². The number of hydrogen-bond acceptors (Lipinski definition) is 0. The molecule has 0 saturated heterocycles. The summed E-state index contributed by atoms with van der Waals surface area (Å²) in [7, 11) is 0. The summed E-state index contributed by atoms with van der Waals surface area (Å²) < 4.78 is 25.5. The van der Waals surface area contributed by atoms with Gasteiger partial charge in [0.05, 0.1) is 4.47 Å². The predicted octanol–water partition coefficient (Wildman–Crippen LogP) is 3.62. The van der Waals surface area contributed by atoms with Crippen LogP contribution in [0.3, 0.4) is 0 Å². The first-order valence-corrected chi connectivity index (χ1v) is 4.76. The zero-order valence-electron chi connectivity index (χ0n) is 5.37. The van der Waals surface area contributed by atoms with Gasteiger partial charge in [0.1, 0.15) is 11.6 Å². The molecule has 0 aliphatic carbocycles. The van der Waals surface area contributed by atoms with E-state index in [0.29, 0.717) is 15.4 Å². The minimum absolute atomic E-state index is 0.316. The van der Waals surface area contributed by atoms with E-state index in [1.165, 1.54) is 6.07 Å². The summed E-state index contributed by atoms with van der Waals surface area (Å²) in [6.07, 6.45) is 0. The third kappa shape index (κ3) is 1.99. The molecule has 0 fully saturated rings. The van der Waals surface area contributed by atoms with E-state index < -0.39 is 11.6 Å². The van der Waals surface area contributed by atoms with Crippen LogP contribution in [0.25, 0.3) is 0 Å². The third-order valence-corrected chi connectivity index (χ3v) is 2.70. The quantitative estimate of drug-likeness (QED) is 0.546. The molecule has 0 N–H and O–H groups in total. The summed E-state index contributed by atoms with van der Waals surface area (Å²) >= 11 is 6.12. The van der Waals surface area contributed by atoms with E-state index in [0.717, 1.165) is 6.07 Å². The highest BCUT2D eigenvalue weighted by Crippen LogP contribution is 2.23. The first kappa shape index (κ1) is 9.13. The molecular weight excluding hydrogens is 282 g/mol. The predicted molar refractivity (Wildman–Crippen MR) is 46.7 cm³/mol. The van der Waals surface area contributed by atoms with Crippen molar-refractivity contribution in [1.82, 2.24) is 0 Å². The fourth-order valence-corrected chi connectivity index (χ4v) is 1.89. The molecule has 1 rings (SSSR count). The second kappa shape index (κ2) is 3.63. The molecule has 0 atom stereocenters. The van der Waals surface area contributed by atoms with Crippen molar-refractivity contribution in [3.05, 3.63) is 33.8 Å². The lowest BCUT2D eigenvalue weighted by molar-refractivity contribution is 0.576. The van der Waals surface area contributed by atoms with Crippen LogP contribution in [0.2, 0.25) is 0 Å². The number of hydrogen-bond donors (Lipinski definition) is 0. The maximum absolute atomic E-state index is 12.7. The van der Waals surface area contributed by atoms with Crippen molar-refractivity contribution in [3.63, 3.8) is 0 Å². The Morgan fingerprint density at radius 2 is 1.91 bits per heavy atom. The van der Waals surface area contributed by atoms with Crippen LogP contribution in [-0.2, 0) is 5.33 Å². The molecular formula is C7H4Br2F2. The van der Waals surface area contributed by atoms with Gasteiger partial charge in [0.15, 0.2) is 0 Å². The van der Waals surface area contributed by atoms with E-state index >= 15 is 0 Å². The average Bonchev–Trinajstić information content (AvgIpc) is 1.96. The molecule has 0 amide bonds. The van der Waals surface area contributed by atoms with Gasteiger partial charge in [-0.1, -0.05) is 15.9 Å². The highest BCUT2D eigenvalue weighted by Gasteiger charge is 2.06. The Morgan fingerprint density at radius 1 is 1.27 bits per heavy atom. The van der Waals surface area contributed by atoms with E-state index in [-0.39, 0.29) is 0 Å². The summed E-state index contributed by atoms with van der Waals surface area (Å²) in [6.45, 7) is 0. The van der Waals surface area contributed by atoms with Crippen molar-refractivity contribution in [2.24, 2.45) is 0 Å². The van der Waals surface area contributed by atoms with E-state index in [4.69, 9.17) is 0 Å². The molecule has 0 aliphatic heterocycles. The zero-order valence-corrected chi connectivity index (χ0v) is 8.55. The lowest BCUT2D eigenvalue weighted by Crippen LogP contribution is -1.88. The van der Waals surface area contributed by atoms with E-state index in [2.05, 4.69) is 31.9 Å². The molecule has 0 spiro atoms. The summed E-state index contributed by atoms with van der Waals surface area (Å²) in [5, 5.41) is 0.433. The maximum Gasteiger partial charge on any atom is 0.140 e. The second-order valence-corrected chi connectivity index (χ2v) is 3.35. The molecule has 0 aromatic heterocycles. The lowest BCUT2D eigenvalue weighted by Gasteiger charge is -2.00. The molecule has 11 heavy (non-hydrogen) atoms. The Kier molecular flexibility index (Phi) is 3.01. The van der Waals surface area contributed by atoms with Gasteiger partial charge in [-0.25, -0.2) is 8.78 Å². The first-order chi connectivity index (χ1) is 5.15. The fourth-order valence-electron chi connectivity index (χ4n) is 0.707. The molecule has 0 bridgehead atoms. The van der Waals surface area contributed by atoms with Gasteiger partial charge < -0.3 is 0 Å². The minimum Gasteiger partial charge on any atom is -0.207 e. The second-order valence-electron chi connectivity index (χ2n) is 1.99. The van der Waals surface area contributed by atoms with Crippen molar-refractivity contribution in [1.29, 1.82) is 0 Å². The maximum atomic E-state index is 12.7. The van der Waals surface area contributed by atoms with Gasteiger partial charge in [0.25, 0.3) is 0 Å². The Morgan fingerprint density at radius 3 is 2.45 bits per heavy atom. The molecule has 0 saturated carbocycles. The molecule has 0 aliphatic rings. The SMILES string of the molecule is Fc1cc(F)c(Br)c(CBr)c1. The van der Waals surface area contributed by atoms with Crippen LogP contribution in [0, 0.1) is 11.6 Å². The van der Waals surface area contributed by atoms with Gasteiger partial charge in [-0.15, -0.1) is 0 Å². The lowest BCUT2D eigenvalue weighted by atomic mass is 10.2. The fraction of sp³-hybridized carbons (Fsp3) is 0.143. The van der Waals surface area contributed by atoms with Crippen LogP contribution in [0.15, 0.2) is 16.6 Å². The molecule has 0 nitrogen and oxygen atoms in total. The van der Waals surface area contributed by atoms with Gasteiger partial charge in [0.2, 0.25) is 0 Å². The molecule has 0 radical (unpaired) electrons. The number of rotatable bonds is 1. The van der Waals surface area contributed by atoms with Gasteiger partial charge in [-0.05, 0) is 27.6 Å². The summed E-state index contributed by atoms with van der Waals surface area (Å²) in [4.78, 5) is 0. The van der Waals surface area contributed by atoms with E-state index in [9.17, 15) is 8.78 Å². The first-order valence-electron chi connectivity index (χ1n) is 2.84. The number of alkyl halides is 1. The Labute approximate surface area is 79.9 Å². The normalized spacial score (nSPS) is 10.2. The summed E-state index contributed by atoms with van der Waals surface area (Å²) in [5.74, 6) is -1.13. The standard InChI is InChI=1S/C7H4Br2F2/c8-3-4-1-5(10)2-6(11)7(4)9/h1-2H,3H2. The highest BCUT2D eigenvalue weighted by atomic mass is 79.9. The topological polar surface area (TPSA) is 0 Å². The van der Waals surface area contributed by atoms with Crippen molar-refractivity contribution in [3.8, 4) is 0 Å². The smallest absolute Gasteiger partial charge is 0.140 e. The van der Waals surface area contributed by atoms with Gasteiger partial charge in [-0.2, -0.15) is 0 Å². The monoisotopic (exact) mass is 284 g/mol. The van der Waals surface area contributed by atoms with Gasteiger partial charge in [0, 0.05) is 11.4 Å². The third-order valence-electron chi connectivity index (χ3n) is 1.21. The van der Waals surface area contributed by atoms with E-state index in [1.807, 2.05) is 0 Å². The Bertz CT molecular complexity index is 273. The van der Waals surface area contributed by atoms with Gasteiger partial charge >= 0.3 is 0 Å². The van der Waals surface area contributed by atoms with Crippen LogP contribution in [0.5, 0.6) is 0 Å². The molecule has 60 valence electrons. The van der Waals surface area contributed by atoms with Crippen molar-refractivity contribution >= 4 is 31.9 Å². The minimum atomic E-state index is -0.570. The van der Waals surface area contributed by atoms with Crippen LogP contribution >= 0.6 is 31.9 Å². The van der Waals surface area contributed by atoms with Crippen molar-refractivity contribution in [2.75, 3.05) is 0 Å². The van der Waals surface area contributed by atoms with Crippen LogP contribution in [-0.4, -0.2) is 0 Å². The zero-order chi connectivity index (χ0) is 8.43. The number of halogens is 4. The van der Waals surface area contributed by atoms with Crippen LogP contribution in [0.4, 0.5) is 8.78 Å². The summed E-state index contributed by atoms with van der Waals surface area (Å²) in [6, 6.07) is 2.12. The Balaban J connectivity index is 3.24. The van der Waals surface area contributed by atoms with Crippen LogP contribution < -0.4 is 0 Å².